The molecule has 0 spiro atoms. The van der Waals surface area contributed by atoms with E-state index < -0.39 is 48.2 Å². The zero-order valence-electron chi connectivity index (χ0n) is 22.4. The van der Waals surface area contributed by atoms with Crippen LogP contribution in [0, 0.1) is 5.41 Å². The van der Waals surface area contributed by atoms with Gasteiger partial charge < -0.3 is 33.8 Å². The number of nitrogens with zero attached hydrogens (tertiary/aromatic N) is 1. The topological polar surface area (TPSA) is 119 Å². The van der Waals surface area contributed by atoms with Crippen molar-refractivity contribution in [3.8, 4) is 0 Å². The first-order valence-corrected chi connectivity index (χ1v) is 16.0. The lowest BCUT2D eigenvalue weighted by atomic mass is 10.00. The van der Waals surface area contributed by atoms with Gasteiger partial charge in [-0.05, 0) is 32.6 Å². The Morgan fingerprint density at radius 2 is 1.97 bits per heavy atom. The van der Waals surface area contributed by atoms with Gasteiger partial charge in [0, 0.05) is 23.4 Å². The van der Waals surface area contributed by atoms with Crippen molar-refractivity contribution in [2.45, 2.75) is 71.5 Å². The fraction of sp³-hybridized carbons (Fsp3) is 0.818. The molecular formula is C22H39ClF2N3O7PS2. The summed E-state index contributed by atoms with van der Waals surface area (Å²) >= 11 is 12.2. The monoisotopic (exact) mass is 625 g/mol. The van der Waals surface area contributed by atoms with Gasteiger partial charge in [0.2, 0.25) is 11.5 Å². The number of carbonyl (C=O) groups excluding carboxylic acids is 2. The van der Waals surface area contributed by atoms with Gasteiger partial charge in [0.1, 0.15) is 18.9 Å². The molecule has 222 valence electrons. The molecule has 0 aromatic carbocycles. The molecule has 0 radical (unpaired) electrons. The number of carbonyl (C=O) groups is 2. The molecule has 5 unspecified atom stereocenters. The van der Waals surface area contributed by atoms with Gasteiger partial charge in [0.25, 0.3) is 12.5 Å². The standard InChI is InChI=1S/C22H39ClF2N3O7PS2/c1-14(2)32-10-15(3)27-36(37,34-7-8-38-21(31)22(4,5)6)35-11-17(18(29)19(23)25)33-13-28-9-16(24)20(30)26-12-28/h9,14-15,17-19,29H,7-8,10-13H2,1-6H3,(H,26,30)(H,27,37). The van der Waals surface area contributed by atoms with E-state index in [1.807, 2.05) is 41.5 Å². The molecule has 0 aliphatic carbocycles. The number of thioether (sulfide) groups is 1. The second kappa shape index (κ2) is 16.8. The zero-order chi connectivity index (χ0) is 29.1. The molecule has 0 fully saturated rings. The van der Waals surface area contributed by atoms with Gasteiger partial charge in [0.15, 0.2) is 5.12 Å². The van der Waals surface area contributed by atoms with E-state index in [9.17, 15) is 23.5 Å². The van der Waals surface area contributed by atoms with Crippen LogP contribution in [-0.2, 0) is 39.9 Å². The lowest BCUT2D eigenvalue weighted by molar-refractivity contribution is -0.123. The minimum atomic E-state index is -3.25. The first-order valence-electron chi connectivity index (χ1n) is 12.0. The Morgan fingerprint density at radius 1 is 1.32 bits per heavy atom. The third-order valence-corrected chi connectivity index (χ3v) is 8.93. The van der Waals surface area contributed by atoms with E-state index in [2.05, 4.69) is 10.4 Å². The first kappa shape index (κ1) is 35.6. The quantitative estimate of drug-likeness (QED) is 0.125. The summed E-state index contributed by atoms with van der Waals surface area (Å²) in [5.74, 6) is -1.57. The SMILES string of the molecule is CC(COC(C)C)NP(=S)(OCCSC(=O)C(C)(C)C)OCC(OCN1C=C(F)C(=O)NC1)C(O)C(F)Cl. The molecule has 38 heavy (non-hydrogen) atoms. The number of aliphatic hydroxyl groups is 1. The van der Waals surface area contributed by atoms with Crippen LogP contribution in [0.4, 0.5) is 8.78 Å². The minimum absolute atomic E-state index is 0.00550. The highest BCUT2D eigenvalue weighted by Gasteiger charge is 2.32. The number of amides is 1. The van der Waals surface area contributed by atoms with Gasteiger partial charge >= 0.3 is 0 Å². The molecule has 0 aromatic heterocycles. The summed E-state index contributed by atoms with van der Waals surface area (Å²) in [5, 5.41) is 15.6. The summed E-state index contributed by atoms with van der Waals surface area (Å²) in [6.07, 6.45) is -2.22. The number of hydrogen-bond acceptors (Lipinski definition) is 10. The maximum Gasteiger partial charge on any atom is 0.282 e. The Morgan fingerprint density at radius 3 is 2.53 bits per heavy atom. The number of aliphatic hydroxyl groups excluding tert-OH is 1. The molecule has 16 heteroatoms. The van der Waals surface area contributed by atoms with Crippen LogP contribution < -0.4 is 10.4 Å². The number of halogens is 3. The van der Waals surface area contributed by atoms with E-state index in [4.69, 9.17) is 41.9 Å². The molecule has 0 saturated carbocycles. The van der Waals surface area contributed by atoms with Gasteiger partial charge in [-0.1, -0.05) is 44.1 Å². The van der Waals surface area contributed by atoms with Crippen molar-refractivity contribution in [1.82, 2.24) is 15.3 Å². The fourth-order valence-electron chi connectivity index (χ4n) is 2.64. The van der Waals surface area contributed by atoms with Gasteiger partial charge in [-0.2, -0.15) is 4.39 Å². The number of nitrogens with one attached hydrogen (secondary N) is 2. The number of hydrogen-bond donors (Lipinski definition) is 3. The summed E-state index contributed by atoms with van der Waals surface area (Å²) in [7, 11) is 0. The normalized spacial score (nSPS) is 19.4. The summed E-state index contributed by atoms with van der Waals surface area (Å²) in [5.41, 5.74) is -2.70. The van der Waals surface area contributed by atoms with Crippen LogP contribution in [0.2, 0.25) is 0 Å². The molecule has 0 bridgehead atoms. The molecule has 5 atom stereocenters. The highest BCUT2D eigenvalue weighted by atomic mass is 35.5. The van der Waals surface area contributed by atoms with Crippen LogP contribution in [0.1, 0.15) is 41.5 Å². The Labute approximate surface area is 237 Å². The third-order valence-electron chi connectivity index (χ3n) is 4.71. The predicted molar refractivity (Wildman–Crippen MR) is 147 cm³/mol. The van der Waals surface area contributed by atoms with Crippen molar-refractivity contribution in [1.29, 1.82) is 0 Å². The third kappa shape index (κ3) is 13.8. The molecule has 1 aliphatic heterocycles. The number of alkyl halides is 2. The molecule has 3 N–H and O–H groups in total. The maximum atomic E-state index is 13.8. The molecule has 0 aromatic rings. The zero-order valence-corrected chi connectivity index (χ0v) is 25.7. The van der Waals surface area contributed by atoms with E-state index >= 15 is 0 Å². The van der Waals surface area contributed by atoms with E-state index in [0.717, 1.165) is 18.0 Å². The van der Waals surface area contributed by atoms with E-state index in [1.54, 1.807) is 0 Å². The summed E-state index contributed by atoms with van der Waals surface area (Å²) in [6, 6.07) is -0.289. The highest BCUT2D eigenvalue weighted by molar-refractivity contribution is 8.13. The Bertz CT molecular complexity index is 852. The summed E-state index contributed by atoms with van der Waals surface area (Å²) < 4.78 is 50.2. The average molecular weight is 626 g/mol. The van der Waals surface area contributed by atoms with E-state index in [0.29, 0.717) is 12.4 Å². The Hall–Kier alpha value is -0.410. The Kier molecular flexibility index (Phi) is 15.7. The molecular weight excluding hydrogens is 587 g/mol. The molecule has 10 nitrogen and oxygen atoms in total. The predicted octanol–water partition coefficient (Wildman–Crippen LogP) is 3.39. The fourth-order valence-corrected chi connectivity index (χ4v) is 6.17. The van der Waals surface area contributed by atoms with Gasteiger partial charge in [-0.15, -0.1) is 0 Å². The van der Waals surface area contributed by atoms with Crippen molar-refractivity contribution in [2.75, 3.05) is 39.0 Å². The smallest absolute Gasteiger partial charge is 0.282 e. The first-order chi connectivity index (χ1) is 17.5. The van der Waals surface area contributed by atoms with Crippen LogP contribution in [0.3, 0.4) is 0 Å². The van der Waals surface area contributed by atoms with Crippen molar-refractivity contribution < 1.29 is 42.0 Å². The Balaban J connectivity index is 2.88. The summed E-state index contributed by atoms with van der Waals surface area (Å²) in [6.45, 7) is 7.38. The molecule has 1 heterocycles. The van der Waals surface area contributed by atoms with E-state index in [-0.39, 0.29) is 37.3 Å². The maximum absolute atomic E-state index is 13.8. The molecule has 1 rings (SSSR count). The van der Waals surface area contributed by atoms with Crippen molar-refractivity contribution in [3.05, 3.63) is 12.0 Å². The van der Waals surface area contributed by atoms with Crippen LogP contribution in [0.25, 0.3) is 0 Å². The number of ether oxygens (including phenoxy) is 2. The van der Waals surface area contributed by atoms with Crippen molar-refractivity contribution in [3.63, 3.8) is 0 Å². The highest BCUT2D eigenvalue weighted by Crippen LogP contribution is 2.45. The van der Waals surface area contributed by atoms with Gasteiger partial charge in [0.05, 0.1) is 32.6 Å². The molecule has 0 saturated heterocycles. The van der Waals surface area contributed by atoms with Crippen LogP contribution >= 0.6 is 30.0 Å². The van der Waals surface area contributed by atoms with Crippen LogP contribution in [0.5, 0.6) is 0 Å². The van der Waals surface area contributed by atoms with Gasteiger partial charge in [-0.3, -0.25) is 9.59 Å². The van der Waals surface area contributed by atoms with Crippen LogP contribution in [0.15, 0.2) is 12.0 Å². The minimum Gasteiger partial charge on any atom is -0.386 e. The summed E-state index contributed by atoms with van der Waals surface area (Å²) in [4.78, 5) is 24.7. The second-order valence-corrected chi connectivity index (χ2v) is 14.5. The largest absolute Gasteiger partial charge is 0.386 e. The van der Waals surface area contributed by atoms with Crippen LogP contribution in [-0.4, -0.2) is 90.0 Å². The van der Waals surface area contributed by atoms with E-state index in [1.165, 1.54) is 4.90 Å². The molecule has 1 amide bonds. The van der Waals surface area contributed by atoms with Crippen molar-refractivity contribution >= 4 is 52.8 Å². The van der Waals surface area contributed by atoms with Crippen molar-refractivity contribution in [2.24, 2.45) is 5.41 Å². The second-order valence-electron chi connectivity index (χ2n) is 9.81. The average Bonchev–Trinajstić information content (AvgIpc) is 2.81. The van der Waals surface area contributed by atoms with Gasteiger partial charge in [-0.25, -0.2) is 9.48 Å². The lowest BCUT2D eigenvalue weighted by Gasteiger charge is -2.32. The number of rotatable bonds is 17. The lowest BCUT2D eigenvalue weighted by Crippen LogP contribution is -2.44. The molecule has 1 aliphatic rings.